The van der Waals surface area contributed by atoms with Gasteiger partial charge in [0.15, 0.2) is 5.82 Å². The minimum absolute atomic E-state index is 0.626. The molecule has 0 atom stereocenters. The van der Waals surface area contributed by atoms with Crippen LogP contribution in [0.3, 0.4) is 0 Å². The average Bonchev–Trinajstić information content (AvgIpc) is 2.36. The normalized spacial score (nSPS) is 16.8. The van der Waals surface area contributed by atoms with Crippen LogP contribution in [0.15, 0.2) is 6.33 Å². The zero-order chi connectivity index (χ0) is 12.1. The molecule has 1 fully saturated rings. The molecule has 1 aliphatic rings. The summed E-state index contributed by atoms with van der Waals surface area (Å²) >= 11 is 0. The van der Waals surface area contributed by atoms with Gasteiger partial charge < -0.3 is 10.2 Å². The molecule has 0 spiro atoms. The molecular weight excluding hydrogens is 216 g/mol. The average molecular weight is 236 g/mol. The van der Waals surface area contributed by atoms with E-state index in [0.29, 0.717) is 12.5 Å². The maximum absolute atomic E-state index is 5.46. The smallest absolute Gasteiger partial charge is 0.221 e. The predicted octanol–water partition coefficient (Wildman–Crippen LogP) is 2.00. The third-order valence-electron chi connectivity index (χ3n) is 2.94. The van der Waals surface area contributed by atoms with Crippen molar-refractivity contribution in [2.24, 2.45) is 0 Å². The molecule has 1 aromatic rings. The van der Waals surface area contributed by atoms with E-state index in [2.05, 4.69) is 20.4 Å². The molecule has 0 aromatic carbocycles. The summed E-state index contributed by atoms with van der Waals surface area (Å²) in [5, 5.41) is 2.22. The van der Waals surface area contributed by atoms with E-state index in [9.17, 15) is 0 Å². The number of hydrazine groups is 1. The summed E-state index contributed by atoms with van der Waals surface area (Å²) in [5.74, 6) is 1.52. The number of anilines is 1. The molecule has 17 heavy (non-hydrogen) atoms. The Hall–Kier alpha value is -1.36. The summed E-state index contributed by atoms with van der Waals surface area (Å²) in [6, 6.07) is 0. The number of rotatable bonds is 4. The van der Waals surface area contributed by atoms with Gasteiger partial charge in [-0.3, -0.25) is 0 Å². The Morgan fingerprint density at radius 1 is 1.29 bits per heavy atom. The van der Waals surface area contributed by atoms with Gasteiger partial charge in [0.05, 0.1) is 12.2 Å². The number of hydrogen-bond acceptors (Lipinski definition) is 5. The topological polar surface area (TPSA) is 50.3 Å². The minimum atomic E-state index is 0.626. The molecule has 5 nitrogen and oxygen atoms in total. The first-order valence-electron chi connectivity index (χ1n) is 6.27. The van der Waals surface area contributed by atoms with Crippen molar-refractivity contribution < 1.29 is 4.74 Å². The molecule has 2 rings (SSSR count). The molecule has 0 saturated carbocycles. The third kappa shape index (κ3) is 3.06. The Morgan fingerprint density at radius 3 is 2.76 bits per heavy atom. The summed E-state index contributed by atoms with van der Waals surface area (Å²) in [5.41, 5.74) is 4.32. The van der Waals surface area contributed by atoms with Gasteiger partial charge in [-0.05, 0) is 26.7 Å². The first-order valence-corrected chi connectivity index (χ1v) is 6.27. The van der Waals surface area contributed by atoms with Crippen LogP contribution in [-0.2, 0) is 0 Å². The number of piperidine rings is 1. The maximum Gasteiger partial charge on any atom is 0.221 e. The van der Waals surface area contributed by atoms with E-state index in [1.165, 1.54) is 19.3 Å². The van der Waals surface area contributed by atoms with Crippen molar-refractivity contribution in [1.29, 1.82) is 0 Å². The molecule has 0 aliphatic carbocycles. The van der Waals surface area contributed by atoms with Crippen molar-refractivity contribution in [3.8, 4) is 5.88 Å². The van der Waals surface area contributed by atoms with Gasteiger partial charge in [-0.1, -0.05) is 6.42 Å². The summed E-state index contributed by atoms with van der Waals surface area (Å²) in [4.78, 5) is 8.40. The summed E-state index contributed by atoms with van der Waals surface area (Å²) in [6.45, 7) is 6.72. The lowest BCUT2D eigenvalue weighted by molar-refractivity contribution is 0.271. The monoisotopic (exact) mass is 236 g/mol. The molecule has 1 aromatic heterocycles. The molecule has 0 bridgehead atoms. The lowest BCUT2D eigenvalue weighted by Crippen LogP contribution is -2.35. The molecule has 5 heteroatoms. The highest BCUT2D eigenvalue weighted by molar-refractivity contribution is 5.46. The molecule has 1 saturated heterocycles. The van der Waals surface area contributed by atoms with Crippen molar-refractivity contribution in [1.82, 2.24) is 15.0 Å². The van der Waals surface area contributed by atoms with Crippen molar-refractivity contribution >= 4 is 5.82 Å². The van der Waals surface area contributed by atoms with Gasteiger partial charge in [-0.15, -0.1) is 0 Å². The Morgan fingerprint density at radius 2 is 2.06 bits per heavy atom. The quantitative estimate of drug-likeness (QED) is 0.866. The molecular formula is C12H20N4O. The second-order valence-corrected chi connectivity index (χ2v) is 4.24. The lowest BCUT2D eigenvalue weighted by atomic mass is 10.2. The van der Waals surface area contributed by atoms with Crippen LogP contribution in [0.25, 0.3) is 0 Å². The first kappa shape index (κ1) is 12.1. The first-order chi connectivity index (χ1) is 8.31. The fraction of sp³-hybridized carbons (Fsp3) is 0.667. The van der Waals surface area contributed by atoms with Gasteiger partial charge >= 0.3 is 0 Å². The number of ether oxygens (including phenoxy) is 1. The van der Waals surface area contributed by atoms with Gasteiger partial charge in [0.25, 0.3) is 0 Å². The van der Waals surface area contributed by atoms with Crippen LogP contribution in [0, 0.1) is 6.92 Å². The van der Waals surface area contributed by atoms with E-state index >= 15 is 0 Å². The molecule has 0 radical (unpaired) electrons. The van der Waals surface area contributed by atoms with Crippen LogP contribution in [-0.4, -0.2) is 34.7 Å². The van der Waals surface area contributed by atoms with E-state index in [1.807, 2.05) is 13.8 Å². The summed E-state index contributed by atoms with van der Waals surface area (Å²) in [6.07, 6.45) is 5.36. The van der Waals surface area contributed by atoms with E-state index < -0.39 is 0 Å². The fourth-order valence-corrected chi connectivity index (χ4v) is 1.98. The van der Waals surface area contributed by atoms with Gasteiger partial charge in [-0.25, -0.2) is 15.0 Å². The van der Waals surface area contributed by atoms with Gasteiger partial charge in [0, 0.05) is 13.1 Å². The van der Waals surface area contributed by atoms with E-state index in [0.717, 1.165) is 24.5 Å². The lowest BCUT2D eigenvalue weighted by Gasteiger charge is -2.28. The van der Waals surface area contributed by atoms with Gasteiger partial charge in [-0.2, -0.15) is 0 Å². The second kappa shape index (κ2) is 5.82. The van der Waals surface area contributed by atoms with Crippen LogP contribution >= 0.6 is 0 Å². The standard InChI is InChI=1S/C12H20N4O/c1-3-17-12-10(2)11(13-9-14-12)15-16-7-5-4-6-8-16/h9H,3-8H2,1-2H3,(H,13,14,15). The fourth-order valence-electron chi connectivity index (χ4n) is 1.98. The molecule has 1 N–H and O–H groups in total. The largest absolute Gasteiger partial charge is 0.478 e. The van der Waals surface area contributed by atoms with Gasteiger partial charge in [0.2, 0.25) is 5.88 Å². The molecule has 94 valence electrons. The molecule has 0 unspecified atom stereocenters. The van der Waals surface area contributed by atoms with Crippen LogP contribution in [0.5, 0.6) is 5.88 Å². The Kier molecular flexibility index (Phi) is 4.14. The predicted molar refractivity (Wildman–Crippen MR) is 67.0 cm³/mol. The van der Waals surface area contributed by atoms with E-state index in [-0.39, 0.29) is 0 Å². The SMILES string of the molecule is CCOc1ncnc(NN2CCCCC2)c1C. The van der Waals surface area contributed by atoms with Crippen molar-refractivity contribution in [2.45, 2.75) is 33.1 Å². The number of hydrogen-bond donors (Lipinski definition) is 1. The molecule has 2 heterocycles. The van der Waals surface area contributed by atoms with Gasteiger partial charge in [0.1, 0.15) is 6.33 Å². The summed E-state index contributed by atoms with van der Waals surface area (Å²) in [7, 11) is 0. The van der Waals surface area contributed by atoms with Crippen molar-refractivity contribution in [2.75, 3.05) is 25.1 Å². The Balaban J connectivity index is 2.06. The van der Waals surface area contributed by atoms with E-state index in [4.69, 9.17) is 4.74 Å². The molecule has 0 amide bonds. The highest BCUT2D eigenvalue weighted by atomic mass is 16.5. The van der Waals surface area contributed by atoms with E-state index in [1.54, 1.807) is 6.33 Å². The minimum Gasteiger partial charge on any atom is -0.478 e. The maximum atomic E-state index is 5.46. The number of nitrogens with zero attached hydrogens (tertiary/aromatic N) is 3. The Labute approximate surface area is 102 Å². The Bertz CT molecular complexity index is 364. The van der Waals surface area contributed by atoms with Crippen LogP contribution in [0.1, 0.15) is 31.7 Å². The zero-order valence-electron chi connectivity index (χ0n) is 10.6. The second-order valence-electron chi connectivity index (χ2n) is 4.24. The number of aromatic nitrogens is 2. The van der Waals surface area contributed by atoms with Crippen molar-refractivity contribution in [3.63, 3.8) is 0 Å². The molecule has 1 aliphatic heterocycles. The van der Waals surface area contributed by atoms with Crippen molar-refractivity contribution in [3.05, 3.63) is 11.9 Å². The van der Waals surface area contributed by atoms with Crippen LogP contribution in [0.4, 0.5) is 5.82 Å². The number of nitrogens with one attached hydrogen (secondary N) is 1. The van der Waals surface area contributed by atoms with Crippen LogP contribution in [0.2, 0.25) is 0 Å². The third-order valence-corrected chi connectivity index (χ3v) is 2.94. The highest BCUT2D eigenvalue weighted by Crippen LogP contribution is 2.21. The highest BCUT2D eigenvalue weighted by Gasteiger charge is 2.13. The van der Waals surface area contributed by atoms with Crippen LogP contribution < -0.4 is 10.2 Å². The zero-order valence-corrected chi connectivity index (χ0v) is 10.6. The summed E-state index contributed by atoms with van der Waals surface area (Å²) < 4.78 is 5.46.